The minimum atomic E-state index is -0.0280. The van der Waals surface area contributed by atoms with E-state index in [0.717, 1.165) is 32.2 Å². The fourth-order valence-corrected chi connectivity index (χ4v) is 4.52. The summed E-state index contributed by atoms with van der Waals surface area (Å²) in [5.74, 6) is 0.169. The number of fused-ring (bicyclic) bond motifs is 2. The van der Waals surface area contributed by atoms with Gasteiger partial charge in [-0.2, -0.15) is 0 Å². The Balaban J connectivity index is 1.52. The van der Waals surface area contributed by atoms with Crippen molar-refractivity contribution < 1.29 is 4.79 Å². The number of carbonyl (C=O) groups is 1. The van der Waals surface area contributed by atoms with Crippen LogP contribution in [-0.4, -0.2) is 15.8 Å². The molecule has 148 valence electrons. The van der Waals surface area contributed by atoms with Crippen LogP contribution in [0, 0.1) is 0 Å². The molecule has 5 rings (SSSR count). The van der Waals surface area contributed by atoms with Crippen LogP contribution < -0.4 is 0 Å². The molecule has 1 atom stereocenters. The van der Waals surface area contributed by atoms with Gasteiger partial charge in [0, 0.05) is 28.5 Å². The second-order valence-electron chi connectivity index (χ2n) is 7.74. The predicted octanol–water partition coefficient (Wildman–Crippen LogP) is 5.87. The van der Waals surface area contributed by atoms with E-state index >= 15 is 0 Å². The summed E-state index contributed by atoms with van der Waals surface area (Å²) in [5, 5.41) is 1.13. The first-order chi connectivity index (χ1) is 14.7. The van der Waals surface area contributed by atoms with Crippen molar-refractivity contribution in [1.82, 2.24) is 9.88 Å². The molecule has 1 aromatic heterocycles. The van der Waals surface area contributed by atoms with Crippen LogP contribution in [0.1, 0.15) is 28.4 Å². The molecule has 3 aromatic carbocycles. The third-order valence-electron chi connectivity index (χ3n) is 5.78. The molecule has 0 saturated heterocycles. The maximum Gasteiger partial charge on any atom is 0.227 e. The fourth-order valence-electron chi connectivity index (χ4n) is 4.25. The van der Waals surface area contributed by atoms with Gasteiger partial charge in [-0.3, -0.25) is 9.78 Å². The first-order valence-corrected chi connectivity index (χ1v) is 10.9. The monoisotopic (exact) mass is 456 g/mol. The van der Waals surface area contributed by atoms with Gasteiger partial charge in [-0.05, 0) is 41.0 Å². The van der Waals surface area contributed by atoms with Gasteiger partial charge >= 0.3 is 0 Å². The van der Waals surface area contributed by atoms with Gasteiger partial charge in [-0.15, -0.1) is 0 Å². The van der Waals surface area contributed by atoms with Crippen molar-refractivity contribution in [2.24, 2.45) is 0 Å². The molecule has 0 saturated carbocycles. The van der Waals surface area contributed by atoms with Crippen LogP contribution in [0.3, 0.4) is 0 Å². The number of hydrogen-bond acceptors (Lipinski definition) is 2. The summed E-state index contributed by atoms with van der Waals surface area (Å²) in [6.45, 7) is 0.596. The Labute approximate surface area is 184 Å². The van der Waals surface area contributed by atoms with Crippen molar-refractivity contribution in [3.63, 3.8) is 0 Å². The summed E-state index contributed by atoms with van der Waals surface area (Å²) in [7, 11) is 0. The number of rotatable bonds is 4. The lowest BCUT2D eigenvalue weighted by atomic mass is 9.89. The van der Waals surface area contributed by atoms with Crippen LogP contribution in [0.2, 0.25) is 0 Å². The van der Waals surface area contributed by atoms with E-state index in [2.05, 4.69) is 64.5 Å². The van der Waals surface area contributed by atoms with E-state index in [0.29, 0.717) is 19.4 Å². The first kappa shape index (κ1) is 19.0. The SMILES string of the molecule is O=C1Cc2ccccc2C(Cc2ccc3ccccc3n2)N1Cc1ccc(Br)cc1. The second kappa shape index (κ2) is 8.04. The Morgan fingerprint density at radius 2 is 1.67 bits per heavy atom. The topological polar surface area (TPSA) is 33.2 Å². The minimum absolute atomic E-state index is 0.0280. The maximum absolute atomic E-state index is 13.1. The number of hydrogen-bond donors (Lipinski definition) is 0. The third-order valence-corrected chi connectivity index (χ3v) is 6.31. The number of amides is 1. The van der Waals surface area contributed by atoms with Crippen molar-refractivity contribution >= 4 is 32.7 Å². The molecule has 0 bridgehead atoms. The number of para-hydroxylation sites is 1. The lowest BCUT2D eigenvalue weighted by Crippen LogP contribution is -2.40. The predicted molar refractivity (Wildman–Crippen MR) is 123 cm³/mol. The molecule has 0 N–H and O–H groups in total. The summed E-state index contributed by atoms with van der Waals surface area (Å²) in [4.78, 5) is 20.0. The normalized spacial score (nSPS) is 16.0. The van der Waals surface area contributed by atoms with E-state index in [-0.39, 0.29) is 11.9 Å². The molecule has 0 aliphatic carbocycles. The molecule has 2 heterocycles. The molecule has 1 aliphatic heterocycles. The van der Waals surface area contributed by atoms with Crippen molar-refractivity contribution in [3.05, 3.63) is 112 Å². The van der Waals surface area contributed by atoms with E-state index in [9.17, 15) is 4.79 Å². The Morgan fingerprint density at radius 3 is 2.53 bits per heavy atom. The zero-order valence-corrected chi connectivity index (χ0v) is 18.0. The highest BCUT2D eigenvalue weighted by Gasteiger charge is 2.32. The highest BCUT2D eigenvalue weighted by molar-refractivity contribution is 9.10. The van der Waals surface area contributed by atoms with E-state index in [1.165, 1.54) is 5.56 Å². The van der Waals surface area contributed by atoms with Gasteiger partial charge in [0.05, 0.1) is 18.0 Å². The van der Waals surface area contributed by atoms with Crippen LogP contribution in [0.5, 0.6) is 0 Å². The minimum Gasteiger partial charge on any atom is -0.331 e. The van der Waals surface area contributed by atoms with Gasteiger partial charge in [0.2, 0.25) is 5.91 Å². The van der Waals surface area contributed by atoms with Gasteiger partial charge in [0.15, 0.2) is 0 Å². The maximum atomic E-state index is 13.1. The molecule has 30 heavy (non-hydrogen) atoms. The molecule has 1 amide bonds. The first-order valence-electron chi connectivity index (χ1n) is 10.1. The van der Waals surface area contributed by atoms with Crippen LogP contribution >= 0.6 is 15.9 Å². The van der Waals surface area contributed by atoms with Crippen LogP contribution in [-0.2, 0) is 24.2 Å². The Kier molecular flexibility index (Phi) is 5.09. The van der Waals surface area contributed by atoms with Gasteiger partial charge in [0.25, 0.3) is 0 Å². The van der Waals surface area contributed by atoms with Gasteiger partial charge < -0.3 is 4.90 Å². The lowest BCUT2D eigenvalue weighted by molar-refractivity contribution is -0.134. The molecule has 0 fully saturated rings. The van der Waals surface area contributed by atoms with Crippen LogP contribution in [0.15, 0.2) is 89.4 Å². The smallest absolute Gasteiger partial charge is 0.227 e. The van der Waals surface area contributed by atoms with E-state index in [1.807, 2.05) is 41.3 Å². The van der Waals surface area contributed by atoms with Gasteiger partial charge in [-0.25, -0.2) is 0 Å². The molecule has 3 nitrogen and oxygen atoms in total. The number of carbonyl (C=O) groups excluding carboxylic acids is 1. The molecule has 0 spiro atoms. The van der Waals surface area contributed by atoms with E-state index < -0.39 is 0 Å². The zero-order chi connectivity index (χ0) is 20.5. The van der Waals surface area contributed by atoms with Crippen molar-refractivity contribution in [3.8, 4) is 0 Å². The van der Waals surface area contributed by atoms with Gasteiger partial charge in [-0.1, -0.05) is 76.6 Å². The summed E-state index contributed by atoms with van der Waals surface area (Å²) in [6, 6.07) is 28.8. The second-order valence-corrected chi connectivity index (χ2v) is 8.65. The van der Waals surface area contributed by atoms with Gasteiger partial charge in [0.1, 0.15) is 0 Å². The Morgan fingerprint density at radius 1 is 0.900 bits per heavy atom. The standard InChI is InChI=1S/C26H21BrN2O/c27-21-12-9-18(10-13-21)17-29-25(23-7-3-1-6-20(23)15-26(29)30)16-22-14-11-19-5-2-4-8-24(19)28-22/h1-14,25H,15-17H2. The molecular weight excluding hydrogens is 436 g/mol. The summed E-state index contributed by atoms with van der Waals surface area (Å²) < 4.78 is 1.04. The summed E-state index contributed by atoms with van der Waals surface area (Å²) >= 11 is 3.49. The molecule has 0 radical (unpaired) electrons. The largest absolute Gasteiger partial charge is 0.331 e. The molecule has 1 unspecified atom stereocenters. The van der Waals surface area contributed by atoms with Crippen molar-refractivity contribution in [1.29, 1.82) is 0 Å². The van der Waals surface area contributed by atoms with E-state index in [4.69, 9.17) is 4.98 Å². The third kappa shape index (κ3) is 3.75. The molecule has 4 aromatic rings. The summed E-state index contributed by atoms with van der Waals surface area (Å²) in [6.07, 6.45) is 1.15. The highest BCUT2D eigenvalue weighted by Crippen LogP contribution is 2.34. The van der Waals surface area contributed by atoms with Crippen molar-refractivity contribution in [2.75, 3.05) is 0 Å². The van der Waals surface area contributed by atoms with Crippen LogP contribution in [0.25, 0.3) is 10.9 Å². The Hall–Kier alpha value is -2.98. The summed E-state index contributed by atoms with van der Waals surface area (Å²) in [5.41, 5.74) is 5.47. The number of pyridine rings is 1. The van der Waals surface area contributed by atoms with Crippen LogP contribution in [0.4, 0.5) is 0 Å². The Bertz CT molecular complexity index is 1220. The number of benzene rings is 3. The molecule has 4 heteroatoms. The fraction of sp³-hybridized carbons (Fsp3) is 0.154. The molecular formula is C26H21BrN2O. The highest BCUT2D eigenvalue weighted by atomic mass is 79.9. The quantitative estimate of drug-likeness (QED) is 0.384. The van der Waals surface area contributed by atoms with E-state index in [1.54, 1.807) is 0 Å². The average Bonchev–Trinajstić information content (AvgIpc) is 2.77. The molecule has 1 aliphatic rings. The number of nitrogens with zero attached hydrogens (tertiary/aromatic N) is 2. The van der Waals surface area contributed by atoms with Crippen molar-refractivity contribution in [2.45, 2.75) is 25.4 Å². The number of halogens is 1. The average molecular weight is 457 g/mol. The number of aromatic nitrogens is 1. The lowest BCUT2D eigenvalue weighted by Gasteiger charge is -2.37. The zero-order valence-electron chi connectivity index (χ0n) is 16.5.